The van der Waals surface area contributed by atoms with Crippen LogP contribution in [-0.4, -0.2) is 92.7 Å². The number of anilines is 2. The van der Waals surface area contributed by atoms with Crippen molar-refractivity contribution in [2.75, 3.05) is 57.6 Å². The summed E-state index contributed by atoms with van der Waals surface area (Å²) in [6, 6.07) is 9.85. The van der Waals surface area contributed by atoms with E-state index in [1.54, 1.807) is 42.3 Å². The summed E-state index contributed by atoms with van der Waals surface area (Å²) in [6.07, 6.45) is -4.66. The number of methoxy groups -OCH3 is 1. The molecular formula is C30H35F3N4O4S. The summed E-state index contributed by atoms with van der Waals surface area (Å²) in [7, 11) is 3.04. The Kier molecular flexibility index (Phi) is 10.9. The Bertz CT molecular complexity index is 1440. The number of likely N-dealkylation sites (tertiary alicyclic amines) is 1. The average Bonchev–Trinajstić information content (AvgIpc) is 3.33. The lowest BCUT2D eigenvalue weighted by Gasteiger charge is -2.36. The maximum Gasteiger partial charge on any atom is 0.251 e. The highest BCUT2D eigenvalue weighted by molar-refractivity contribution is 7.20. The van der Waals surface area contributed by atoms with E-state index in [-0.39, 0.29) is 32.1 Å². The first-order valence-electron chi connectivity index (χ1n) is 13.6. The number of alkyl halides is 3. The fourth-order valence-corrected chi connectivity index (χ4v) is 6.16. The zero-order valence-corrected chi connectivity index (χ0v) is 24.2. The molecule has 1 aliphatic rings. The second kappa shape index (κ2) is 14.6. The number of nitrogens with one attached hydrogen (secondary N) is 3. The van der Waals surface area contributed by atoms with Gasteiger partial charge in [0, 0.05) is 38.7 Å². The number of amides is 1. The number of rotatable bonds is 11. The number of fused-ring (bicyclic) bond motifs is 1. The van der Waals surface area contributed by atoms with Gasteiger partial charge in [0.15, 0.2) is 0 Å². The van der Waals surface area contributed by atoms with Gasteiger partial charge >= 0.3 is 0 Å². The molecule has 8 nitrogen and oxygen atoms in total. The van der Waals surface area contributed by atoms with Crippen molar-refractivity contribution >= 4 is 38.7 Å². The summed E-state index contributed by atoms with van der Waals surface area (Å²) in [5, 5.41) is 28.4. The zero-order chi connectivity index (χ0) is 30.2. The molecule has 0 radical (unpaired) electrons. The van der Waals surface area contributed by atoms with Crippen LogP contribution in [0.25, 0.3) is 10.1 Å². The number of benzene rings is 2. The van der Waals surface area contributed by atoms with Gasteiger partial charge in [-0.3, -0.25) is 9.69 Å². The monoisotopic (exact) mass is 604 g/mol. The van der Waals surface area contributed by atoms with Gasteiger partial charge in [0.05, 0.1) is 53.4 Å². The third-order valence-corrected chi connectivity index (χ3v) is 8.28. The third-order valence-electron chi connectivity index (χ3n) is 7.08. The normalized spacial score (nSPS) is 17.9. The van der Waals surface area contributed by atoms with E-state index in [2.05, 4.69) is 27.8 Å². The second-order valence-electron chi connectivity index (χ2n) is 9.99. The predicted octanol–water partition coefficient (Wildman–Crippen LogP) is 3.72. The van der Waals surface area contributed by atoms with Crippen molar-refractivity contribution in [2.24, 2.45) is 0 Å². The number of halogens is 3. The molecule has 4 rings (SSSR count). The van der Waals surface area contributed by atoms with Crippen molar-refractivity contribution < 1.29 is 32.9 Å². The quantitative estimate of drug-likeness (QED) is 0.213. The van der Waals surface area contributed by atoms with Crippen LogP contribution in [0.1, 0.15) is 27.2 Å². The summed E-state index contributed by atoms with van der Waals surface area (Å²) in [4.78, 5) is 14.2. The fourth-order valence-electron chi connectivity index (χ4n) is 4.98. The van der Waals surface area contributed by atoms with E-state index in [0.29, 0.717) is 51.5 Å². The lowest BCUT2D eigenvalue weighted by atomic mass is 10.0. The number of aliphatic hydroxyl groups is 2. The number of β-amino-alcohol motifs (C(OH)–C–C–N with tert-alkyl or cyclic N) is 1. The molecule has 2 heterocycles. The van der Waals surface area contributed by atoms with Crippen LogP contribution in [0.5, 0.6) is 5.75 Å². The van der Waals surface area contributed by atoms with Crippen LogP contribution in [0.15, 0.2) is 36.4 Å². The first-order valence-corrected chi connectivity index (χ1v) is 14.4. The summed E-state index contributed by atoms with van der Waals surface area (Å²) in [5.74, 6) is 6.27. The molecule has 1 saturated heterocycles. The minimum atomic E-state index is -2.56. The predicted molar refractivity (Wildman–Crippen MR) is 160 cm³/mol. The Morgan fingerprint density at radius 3 is 2.76 bits per heavy atom. The molecule has 2 aromatic carbocycles. The van der Waals surface area contributed by atoms with Gasteiger partial charge in [0.25, 0.3) is 5.91 Å². The van der Waals surface area contributed by atoms with Crippen LogP contribution < -0.4 is 20.7 Å². The first kappa shape index (κ1) is 31.4. The van der Waals surface area contributed by atoms with E-state index in [9.17, 15) is 18.7 Å². The van der Waals surface area contributed by atoms with Crippen LogP contribution in [0, 0.1) is 11.8 Å². The Hall–Kier alpha value is -3.50. The van der Waals surface area contributed by atoms with Gasteiger partial charge in [0.2, 0.25) is 6.43 Å². The van der Waals surface area contributed by atoms with Crippen LogP contribution in [0.3, 0.4) is 0 Å². The number of thiophene rings is 1. The minimum Gasteiger partial charge on any atom is -0.495 e. The van der Waals surface area contributed by atoms with Crippen molar-refractivity contribution in [3.8, 4) is 17.6 Å². The molecular weight excluding hydrogens is 569 g/mol. The fraction of sp³-hybridized carbons (Fsp3) is 0.433. The highest BCUT2D eigenvalue weighted by Crippen LogP contribution is 2.38. The molecule has 1 fully saturated rings. The van der Waals surface area contributed by atoms with Gasteiger partial charge in [-0.1, -0.05) is 24.0 Å². The van der Waals surface area contributed by atoms with E-state index < -0.39 is 31.2 Å². The zero-order valence-electron chi connectivity index (χ0n) is 23.4. The van der Waals surface area contributed by atoms with Crippen molar-refractivity contribution in [3.63, 3.8) is 0 Å². The number of ether oxygens (including phenoxy) is 1. The molecule has 0 spiro atoms. The number of aliphatic hydroxyl groups excluding tert-OH is 2. The number of carbonyl (C=O) groups excluding carboxylic acids is 1. The standard InChI is InChI=1S/C30H35F3N4O4S/c1-34-30(40)18-8-9-24(26(13-18)41-2)35-11-4-7-27-21(14-28(32)33)20-5-3-6-25(29(20)42-27)36-23-10-12-37(16-22(23)31)15-19(39)17-38/h3,5-6,8-9,13,19,22-23,28,35-36,38-39H,10-12,14-17H2,1-2H3,(H,34,40). The average molecular weight is 605 g/mol. The van der Waals surface area contributed by atoms with Gasteiger partial charge in [-0.05, 0) is 41.6 Å². The summed E-state index contributed by atoms with van der Waals surface area (Å²) >= 11 is 1.30. The Labute approximate surface area is 246 Å². The molecule has 226 valence electrons. The molecule has 12 heteroatoms. The van der Waals surface area contributed by atoms with Crippen LogP contribution >= 0.6 is 11.3 Å². The molecule has 0 saturated carbocycles. The molecule has 0 aliphatic carbocycles. The highest BCUT2D eigenvalue weighted by atomic mass is 32.1. The van der Waals surface area contributed by atoms with Gasteiger partial charge in [-0.15, -0.1) is 11.3 Å². The number of hydrogen-bond donors (Lipinski definition) is 5. The molecule has 42 heavy (non-hydrogen) atoms. The van der Waals surface area contributed by atoms with Gasteiger partial charge < -0.3 is 30.9 Å². The van der Waals surface area contributed by atoms with Crippen molar-refractivity contribution in [2.45, 2.75) is 37.6 Å². The molecule has 1 amide bonds. The summed E-state index contributed by atoms with van der Waals surface area (Å²) < 4.78 is 48.4. The second-order valence-corrected chi connectivity index (χ2v) is 11.0. The van der Waals surface area contributed by atoms with E-state index in [1.807, 2.05) is 6.07 Å². The smallest absolute Gasteiger partial charge is 0.251 e. The largest absolute Gasteiger partial charge is 0.495 e. The first-order chi connectivity index (χ1) is 20.2. The number of hydrogen-bond acceptors (Lipinski definition) is 8. The Balaban J connectivity index is 1.52. The number of nitrogens with zero attached hydrogens (tertiary/aromatic N) is 1. The maximum atomic E-state index is 15.1. The van der Waals surface area contributed by atoms with E-state index >= 15 is 4.39 Å². The van der Waals surface area contributed by atoms with E-state index in [4.69, 9.17) is 9.84 Å². The lowest BCUT2D eigenvalue weighted by Crippen LogP contribution is -2.50. The minimum absolute atomic E-state index is 0.120. The number of carbonyl (C=O) groups is 1. The summed E-state index contributed by atoms with van der Waals surface area (Å²) in [6.45, 7) is 0.699. The number of piperidine rings is 1. The van der Waals surface area contributed by atoms with Gasteiger partial charge in [0.1, 0.15) is 11.9 Å². The van der Waals surface area contributed by atoms with Crippen LogP contribution in [0.2, 0.25) is 0 Å². The molecule has 3 aromatic rings. The van der Waals surface area contributed by atoms with E-state index in [1.165, 1.54) is 18.4 Å². The van der Waals surface area contributed by atoms with Crippen molar-refractivity contribution in [3.05, 3.63) is 52.4 Å². The molecule has 1 aliphatic heterocycles. The van der Waals surface area contributed by atoms with Crippen molar-refractivity contribution in [1.82, 2.24) is 10.2 Å². The summed E-state index contributed by atoms with van der Waals surface area (Å²) in [5.41, 5.74) is 2.20. The van der Waals surface area contributed by atoms with Crippen LogP contribution in [0.4, 0.5) is 24.5 Å². The van der Waals surface area contributed by atoms with Gasteiger partial charge in [-0.2, -0.15) is 0 Å². The highest BCUT2D eigenvalue weighted by Gasteiger charge is 2.30. The molecule has 5 N–H and O–H groups in total. The third kappa shape index (κ3) is 7.66. The lowest BCUT2D eigenvalue weighted by molar-refractivity contribution is 0.0365. The topological polar surface area (TPSA) is 106 Å². The molecule has 0 bridgehead atoms. The molecule has 1 aromatic heterocycles. The Morgan fingerprint density at radius 1 is 1.26 bits per heavy atom. The molecule has 3 unspecified atom stereocenters. The maximum absolute atomic E-state index is 15.1. The van der Waals surface area contributed by atoms with Crippen molar-refractivity contribution in [1.29, 1.82) is 0 Å². The van der Waals surface area contributed by atoms with E-state index in [0.717, 1.165) is 4.70 Å². The van der Waals surface area contributed by atoms with Gasteiger partial charge in [-0.25, -0.2) is 13.2 Å². The van der Waals surface area contributed by atoms with Crippen LogP contribution in [-0.2, 0) is 6.42 Å². The Morgan fingerprint density at radius 2 is 2.07 bits per heavy atom. The molecule has 3 atom stereocenters. The SMILES string of the molecule is CNC(=O)c1ccc(NCC#Cc2sc3c(NC4CCN(CC(O)CO)CC4F)cccc3c2CC(F)F)c(OC)c1.